The average Bonchev–Trinajstić information content (AvgIpc) is 2.82. The van der Waals surface area contributed by atoms with E-state index in [2.05, 4.69) is 10.1 Å². The molecule has 2 aromatic rings. The van der Waals surface area contributed by atoms with Crippen LogP contribution in [0.5, 0.6) is 0 Å². The van der Waals surface area contributed by atoms with Crippen molar-refractivity contribution in [3.63, 3.8) is 0 Å². The molecule has 0 saturated carbocycles. The zero-order chi connectivity index (χ0) is 28.4. The molecule has 0 aliphatic carbocycles. The van der Waals surface area contributed by atoms with Crippen LogP contribution in [0.25, 0.3) is 0 Å². The first kappa shape index (κ1) is 29.1. The minimum absolute atomic E-state index is 0.0255. The van der Waals surface area contributed by atoms with Gasteiger partial charge in [0, 0.05) is 26.2 Å². The molecule has 1 heterocycles. The number of halogens is 7. The van der Waals surface area contributed by atoms with Gasteiger partial charge in [-0.15, -0.1) is 0 Å². The number of hydrogen-bond donors (Lipinski definition) is 1. The van der Waals surface area contributed by atoms with Crippen molar-refractivity contribution < 1.29 is 45.1 Å². The molecule has 1 aliphatic heterocycles. The number of likely N-dealkylation sites (tertiary alicyclic amines) is 1. The summed E-state index contributed by atoms with van der Waals surface area (Å²) in [5.41, 5.74) is -2.18. The van der Waals surface area contributed by atoms with Crippen LogP contribution in [-0.4, -0.2) is 48.7 Å². The summed E-state index contributed by atoms with van der Waals surface area (Å²) in [6, 6.07) is 3.46. The summed E-state index contributed by atoms with van der Waals surface area (Å²) in [5, 5.41) is 2.67. The summed E-state index contributed by atoms with van der Waals surface area (Å²) in [5.74, 6) is -0.494. The molecule has 13 heteroatoms. The number of nitrogens with zero attached hydrogens (tertiary/aromatic N) is 2. The first-order valence-corrected chi connectivity index (χ1v) is 11.5. The van der Waals surface area contributed by atoms with Crippen LogP contribution in [-0.2, 0) is 23.6 Å². The number of hydrogen-bond acceptors (Lipinski definition) is 3. The normalized spacial score (nSPS) is 18.2. The molecular formula is C25H26F7N3O3. The SMILES string of the molecule is COC(=O)N[C@@H]1CCN(C(=O)N(C)Cc2cc(C(F)(F)F)cc(C(F)(F)F)c2)[C@H](c2ccc(F)cc2C)C1. The maximum atomic E-state index is 13.7. The predicted octanol–water partition coefficient (Wildman–Crippen LogP) is 6.29. The quantitative estimate of drug-likeness (QED) is 0.457. The number of alkyl carbamates (subject to hydrolysis) is 1. The van der Waals surface area contributed by atoms with Gasteiger partial charge in [-0.2, -0.15) is 26.3 Å². The molecule has 1 saturated heterocycles. The second kappa shape index (κ2) is 11.1. The van der Waals surface area contributed by atoms with E-state index in [1.165, 1.54) is 37.3 Å². The van der Waals surface area contributed by atoms with E-state index in [4.69, 9.17) is 0 Å². The second-order valence-corrected chi connectivity index (χ2v) is 9.12. The standard InChI is InChI=1S/C25H26F7N3O3/c1-14-8-18(26)4-5-20(14)21-12-19(33-22(36)38-3)6-7-35(21)23(37)34(2)13-15-9-16(24(27,28)29)11-17(10-15)25(30,31)32/h4-5,8-11,19,21H,6-7,12-13H2,1-3H3,(H,33,36)/t19-,21+/m1/s1. The van der Waals surface area contributed by atoms with Crippen molar-refractivity contribution in [1.82, 2.24) is 15.1 Å². The van der Waals surface area contributed by atoms with Gasteiger partial charge in [0.25, 0.3) is 0 Å². The molecule has 1 N–H and O–H groups in total. The Balaban J connectivity index is 1.90. The monoisotopic (exact) mass is 549 g/mol. The number of methoxy groups -OCH3 is 1. The van der Waals surface area contributed by atoms with Crippen LogP contribution < -0.4 is 5.32 Å². The Hall–Kier alpha value is -3.51. The number of carbonyl (C=O) groups is 2. The van der Waals surface area contributed by atoms with Gasteiger partial charge < -0.3 is 19.9 Å². The molecule has 1 fully saturated rings. The highest BCUT2D eigenvalue weighted by Gasteiger charge is 2.38. The van der Waals surface area contributed by atoms with Crippen LogP contribution in [0.1, 0.15) is 46.7 Å². The molecule has 2 aromatic carbocycles. The minimum Gasteiger partial charge on any atom is -0.453 e. The van der Waals surface area contributed by atoms with Gasteiger partial charge in [0.05, 0.1) is 24.3 Å². The number of benzene rings is 2. The molecule has 0 spiro atoms. The third kappa shape index (κ3) is 6.87. The fraction of sp³-hybridized carbons (Fsp3) is 0.440. The molecule has 6 nitrogen and oxygen atoms in total. The van der Waals surface area contributed by atoms with Crippen molar-refractivity contribution in [2.45, 2.75) is 50.7 Å². The lowest BCUT2D eigenvalue weighted by atomic mass is 9.89. The van der Waals surface area contributed by atoms with Gasteiger partial charge >= 0.3 is 24.5 Å². The predicted molar refractivity (Wildman–Crippen MR) is 122 cm³/mol. The lowest BCUT2D eigenvalue weighted by molar-refractivity contribution is -0.143. The lowest BCUT2D eigenvalue weighted by Gasteiger charge is -2.42. The smallest absolute Gasteiger partial charge is 0.416 e. The molecule has 0 radical (unpaired) electrons. The first-order valence-electron chi connectivity index (χ1n) is 11.5. The second-order valence-electron chi connectivity index (χ2n) is 9.12. The summed E-state index contributed by atoms with van der Waals surface area (Å²) >= 11 is 0. The van der Waals surface area contributed by atoms with Crippen LogP contribution in [0.15, 0.2) is 36.4 Å². The van der Waals surface area contributed by atoms with Crippen LogP contribution in [0, 0.1) is 12.7 Å². The van der Waals surface area contributed by atoms with Crippen molar-refractivity contribution >= 4 is 12.1 Å². The van der Waals surface area contributed by atoms with Gasteiger partial charge in [0.15, 0.2) is 0 Å². The highest BCUT2D eigenvalue weighted by atomic mass is 19.4. The molecule has 208 valence electrons. The van der Waals surface area contributed by atoms with Crippen molar-refractivity contribution in [3.05, 3.63) is 70.0 Å². The molecule has 3 amide bonds. The maximum absolute atomic E-state index is 13.7. The number of piperidine rings is 1. The Labute approximate surface area is 214 Å². The molecule has 3 rings (SSSR count). The highest BCUT2D eigenvalue weighted by molar-refractivity contribution is 5.75. The number of alkyl halides is 6. The Kier molecular flexibility index (Phi) is 8.47. The van der Waals surface area contributed by atoms with E-state index in [0.717, 1.165) is 4.90 Å². The number of amides is 3. The Morgan fingerprint density at radius 3 is 2.18 bits per heavy atom. The van der Waals surface area contributed by atoms with Crippen molar-refractivity contribution in [1.29, 1.82) is 0 Å². The van der Waals surface area contributed by atoms with Crippen LogP contribution in [0.4, 0.5) is 40.3 Å². The summed E-state index contributed by atoms with van der Waals surface area (Å²) < 4.78 is 97.9. The minimum atomic E-state index is -5.02. The van der Waals surface area contributed by atoms with E-state index in [1.807, 2.05) is 0 Å². The summed E-state index contributed by atoms with van der Waals surface area (Å²) in [6.07, 6.45) is -10.2. The number of ether oxygens (including phenoxy) is 1. The summed E-state index contributed by atoms with van der Waals surface area (Å²) in [7, 11) is 2.46. The molecule has 38 heavy (non-hydrogen) atoms. The lowest BCUT2D eigenvalue weighted by Crippen LogP contribution is -2.51. The molecule has 0 aromatic heterocycles. The number of nitrogens with one attached hydrogen (secondary N) is 1. The van der Waals surface area contributed by atoms with Gasteiger partial charge in [-0.25, -0.2) is 14.0 Å². The number of carbonyl (C=O) groups excluding carboxylic acids is 2. The van der Waals surface area contributed by atoms with Crippen molar-refractivity contribution in [2.24, 2.45) is 0 Å². The van der Waals surface area contributed by atoms with E-state index < -0.39 is 60.0 Å². The third-order valence-corrected chi connectivity index (χ3v) is 6.34. The maximum Gasteiger partial charge on any atom is 0.416 e. The average molecular weight is 549 g/mol. The van der Waals surface area contributed by atoms with Gasteiger partial charge in [-0.3, -0.25) is 0 Å². The zero-order valence-electron chi connectivity index (χ0n) is 20.7. The Morgan fingerprint density at radius 2 is 1.66 bits per heavy atom. The van der Waals surface area contributed by atoms with Gasteiger partial charge in [-0.05, 0) is 66.8 Å². The van der Waals surface area contributed by atoms with Gasteiger partial charge in [0.1, 0.15) is 5.82 Å². The summed E-state index contributed by atoms with van der Waals surface area (Å²) in [6.45, 7) is 1.22. The van der Waals surface area contributed by atoms with E-state index >= 15 is 0 Å². The Bertz CT molecular complexity index is 1150. The number of urea groups is 1. The van der Waals surface area contributed by atoms with Crippen LogP contribution >= 0.6 is 0 Å². The fourth-order valence-corrected chi connectivity index (χ4v) is 4.53. The van der Waals surface area contributed by atoms with Crippen molar-refractivity contribution in [2.75, 3.05) is 20.7 Å². The van der Waals surface area contributed by atoms with Crippen LogP contribution in [0.2, 0.25) is 0 Å². The van der Waals surface area contributed by atoms with E-state index in [9.17, 15) is 40.3 Å². The molecular weight excluding hydrogens is 523 g/mol. The fourth-order valence-electron chi connectivity index (χ4n) is 4.53. The number of aryl methyl sites for hydroxylation is 1. The molecule has 0 bridgehead atoms. The van der Waals surface area contributed by atoms with Crippen LogP contribution in [0.3, 0.4) is 0 Å². The zero-order valence-corrected chi connectivity index (χ0v) is 20.7. The topological polar surface area (TPSA) is 61.9 Å². The molecule has 1 aliphatic rings. The van der Waals surface area contributed by atoms with Crippen molar-refractivity contribution in [3.8, 4) is 0 Å². The molecule has 2 atom stereocenters. The highest BCUT2D eigenvalue weighted by Crippen LogP contribution is 2.37. The molecule has 0 unspecified atom stereocenters. The Morgan fingerprint density at radius 1 is 1.05 bits per heavy atom. The van der Waals surface area contributed by atoms with Gasteiger partial charge in [0.2, 0.25) is 0 Å². The third-order valence-electron chi connectivity index (χ3n) is 6.34. The van der Waals surface area contributed by atoms with E-state index in [0.29, 0.717) is 29.7 Å². The van der Waals surface area contributed by atoms with Gasteiger partial charge in [-0.1, -0.05) is 6.07 Å². The largest absolute Gasteiger partial charge is 0.453 e. The van der Waals surface area contributed by atoms with E-state index in [-0.39, 0.29) is 24.6 Å². The first-order chi connectivity index (χ1) is 17.6. The summed E-state index contributed by atoms with van der Waals surface area (Å²) in [4.78, 5) is 27.6. The number of rotatable bonds is 4. The van der Waals surface area contributed by atoms with E-state index in [1.54, 1.807) is 6.92 Å².